The lowest BCUT2D eigenvalue weighted by Crippen LogP contribution is -2.42. The first-order valence-electron chi connectivity index (χ1n) is 10.7. The lowest BCUT2D eigenvalue weighted by atomic mass is 10.2. The van der Waals surface area contributed by atoms with E-state index < -0.39 is 11.4 Å². The molecule has 4 rings (SSSR count). The molecule has 0 amide bonds. The first-order chi connectivity index (χ1) is 16.0. The van der Waals surface area contributed by atoms with E-state index in [9.17, 15) is 9.59 Å². The highest BCUT2D eigenvalue weighted by Crippen LogP contribution is 2.20. The van der Waals surface area contributed by atoms with Gasteiger partial charge in [-0.25, -0.2) is 14.2 Å². The lowest BCUT2D eigenvalue weighted by molar-refractivity contribution is 0.276. The van der Waals surface area contributed by atoms with E-state index in [0.29, 0.717) is 16.5 Å². The summed E-state index contributed by atoms with van der Waals surface area (Å²) in [6.07, 6.45) is 2.10. The number of aromatic nitrogens is 3. The van der Waals surface area contributed by atoms with Gasteiger partial charge >= 0.3 is 11.4 Å². The van der Waals surface area contributed by atoms with Crippen molar-refractivity contribution in [1.82, 2.24) is 14.1 Å². The van der Waals surface area contributed by atoms with E-state index in [0.717, 1.165) is 35.4 Å². The van der Waals surface area contributed by atoms with E-state index in [1.807, 2.05) is 0 Å². The molecule has 2 aromatic carbocycles. The van der Waals surface area contributed by atoms with E-state index in [1.54, 1.807) is 48.5 Å². The van der Waals surface area contributed by atoms with Crippen molar-refractivity contribution in [3.8, 4) is 5.75 Å². The topological polar surface area (TPSA) is 111 Å². The van der Waals surface area contributed by atoms with Crippen molar-refractivity contribution in [1.29, 1.82) is 0 Å². The van der Waals surface area contributed by atoms with Crippen LogP contribution in [0.4, 0.5) is 11.6 Å². The van der Waals surface area contributed by atoms with E-state index >= 15 is 0 Å². The zero-order valence-electron chi connectivity index (χ0n) is 17.9. The first-order valence-corrected chi connectivity index (χ1v) is 11.1. The molecular formula is C23H24ClN5O4. The van der Waals surface area contributed by atoms with Gasteiger partial charge in [0.2, 0.25) is 5.95 Å². The third-order valence-corrected chi connectivity index (χ3v) is 5.38. The van der Waals surface area contributed by atoms with Crippen LogP contribution in [0.1, 0.15) is 24.8 Å². The summed E-state index contributed by atoms with van der Waals surface area (Å²) in [6.45, 7) is 0.920. The molecule has 33 heavy (non-hydrogen) atoms. The van der Waals surface area contributed by atoms with Crippen LogP contribution < -0.4 is 21.4 Å². The van der Waals surface area contributed by atoms with Gasteiger partial charge in [0.05, 0.1) is 6.54 Å². The number of aliphatic hydroxyl groups excluding tert-OH is 1. The molecule has 0 saturated heterocycles. The second-order valence-electron chi connectivity index (χ2n) is 7.57. The second kappa shape index (κ2) is 10.5. The van der Waals surface area contributed by atoms with E-state index in [1.165, 1.54) is 4.57 Å². The Labute approximate surface area is 195 Å². The Morgan fingerprint density at radius 2 is 1.82 bits per heavy atom. The van der Waals surface area contributed by atoms with Crippen LogP contribution in [-0.4, -0.2) is 38.3 Å². The molecule has 1 aliphatic rings. The van der Waals surface area contributed by atoms with Gasteiger partial charge in [-0.1, -0.05) is 23.7 Å². The average Bonchev–Trinajstić information content (AvgIpc) is 3.32. The Balaban J connectivity index is 1.63. The highest BCUT2D eigenvalue weighted by Gasteiger charge is 2.14. The summed E-state index contributed by atoms with van der Waals surface area (Å²) >= 11 is 5.97. The number of benzene rings is 2. The second-order valence-corrected chi connectivity index (χ2v) is 8.01. The molecule has 9 nitrogen and oxygen atoms in total. The minimum atomic E-state index is -0.678. The largest absolute Gasteiger partial charge is 0.443 e. The highest BCUT2D eigenvalue weighted by atomic mass is 35.5. The number of hydrogen-bond donors (Lipinski definition) is 2. The molecular weight excluding hydrogens is 446 g/mol. The van der Waals surface area contributed by atoms with Crippen molar-refractivity contribution < 1.29 is 9.84 Å². The van der Waals surface area contributed by atoms with Crippen molar-refractivity contribution in [2.75, 3.05) is 18.5 Å². The van der Waals surface area contributed by atoms with Gasteiger partial charge in [0.15, 0.2) is 5.90 Å². The summed E-state index contributed by atoms with van der Waals surface area (Å²) in [5.41, 5.74) is 0.266. The fourth-order valence-electron chi connectivity index (χ4n) is 3.43. The van der Waals surface area contributed by atoms with E-state index in [2.05, 4.69) is 15.3 Å². The molecule has 172 valence electrons. The number of anilines is 2. The van der Waals surface area contributed by atoms with Crippen molar-refractivity contribution >= 4 is 29.1 Å². The Kier molecular flexibility index (Phi) is 7.21. The van der Waals surface area contributed by atoms with Gasteiger partial charge < -0.3 is 15.2 Å². The average molecular weight is 470 g/mol. The summed E-state index contributed by atoms with van der Waals surface area (Å²) < 4.78 is 8.16. The maximum Gasteiger partial charge on any atom is 0.354 e. The molecule has 0 saturated carbocycles. The third kappa shape index (κ3) is 5.68. The smallest absolute Gasteiger partial charge is 0.354 e. The molecule has 0 bridgehead atoms. The van der Waals surface area contributed by atoms with Gasteiger partial charge in [-0.3, -0.25) is 9.56 Å². The van der Waals surface area contributed by atoms with Crippen LogP contribution in [0.25, 0.3) is 0 Å². The van der Waals surface area contributed by atoms with Crippen LogP contribution >= 0.6 is 11.6 Å². The number of nitrogens with one attached hydrogen (secondary N) is 1. The van der Waals surface area contributed by atoms with Crippen LogP contribution in [0, 0.1) is 0 Å². The van der Waals surface area contributed by atoms with Crippen LogP contribution in [-0.2, 0) is 13.1 Å². The fourth-order valence-corrected chi connectivity index (χ4v) is 3.55. The number of rotatable bonds is 8. The molecule has 0 fully saturated rings. The molecule has 1 aliphatic heterocycles. The molecule has 0 atom stereocenters. The summed E-state index contributed by atoms with van der Waals surface area (Å²) in [5.74, 6) is 1.50. The predicted octanol–water partition coefficient (Wildman–Crippen LogP) is 2.80. The molecule has 2 heterocycles. The standard InChI is InChI=1S/C23H24ClN5O4/c24-17-6-4-16(5-7-17)15-29-21(27-22(31)28(23(29)32)13-2-14-30)26-18-8-10-19(11-9-18)33-20-3-1-12-25-20/h4-11,30H,1-3,12-15H2,(H,26,27,31). The van der Waals surface area contributed by atoms with Crippen LogP contribution in [0.2, 0.25) is 5.02 Å². The van der Waals surface area contributed by atoms with Crippen molar-refractivity contribution in [3.63, 3.8) is 0 Å². The van der Waals surface area contributed by atoms with Gasteiger partial charge in [-0.05, 0) is 54.8 Å². The van der Waals surface area contributed by atoms with Crippen LogP contribution in [0.15, 0.2) is 63.1 Å². The predicted molar refractivity (Wildman–Crippen MR) is 127 cm³/mol. The Bertz CT molecular complexity index is 1250. The molecule has 0 spiro atoms. The molecule has 0 aliphatic carbocycles. The van der Waals surface area contributed by atoms with Gasteiger partial charge in [-0.2, -0.15) is 4.98 Å². The van der Waals surface area contributed by atoms with E-state index in [-0.39, 0.29) is 32.1 Å². The van der Waals surface area contributed by atoms with Crippen LogP contribution in [0.5, 0.6) is 5.75 Å². The zero-order chi connectivity index (χ0) is 23.2. The molecule has 3 aromatic rings. The Morgan fingerprint density at radius 3 is 2.48 bits per heavy atom. The van der Waals surface area contributed by atoms with Gasteiger partial charge in [-0.15, -0.1) is 0 Å². The van der Waals surface area contributed by atoms with Crippen molar-refractivity contribution in [2.24, 2.45) is 4.99 Å². The Morgan fingerprint density at radius 1 is 1.06 bits per heavy atom. The summed E-state index contributed by atoms with van der Waals surface area (Å²) in [7, 11) is 0. The number of nitrogens with zero attached hydrogens (tertiary/aromatic N) is 4. The normalized spacial score (nSPS) is 13.1. The van der Waals surface area contributed by atoms with Crippen LogP contribution in [0.3, 0.4) is 0 Å². The Hall–Kier alpha value is -3.43. The maximum absolute atomic E-state index is 13.1. The molecule has 0 radical (unpaired) electrons. The zero-order valence-corrected chi connectivity index (χ0v) is 18.7. The summed E-state index contributed by atoms with van der Waals surface area (Å²) in [4.78, 5) is 34.0. The van der Waals surface area contributed by atoms with Gasteiger partial charge in [0.1, 0.15) is 5.75 Å². The molecule has 10 heteroatoms. The molecule has 2 N–H and O–H groups in total. The lowest BCUT2D eigenvalue weighted by Gasteiger charge is -2.16. The summed E-state index contributed by atoms with van der Waals surface area (Å²) in [6, 6.07) is 14.2. The monoisotopic (exact) mass is 469 g/mol. The summed E-state index contributed by atoms with van der Waals surface area (Å²) in [5, 5.41) is 12.8. The minimum Gasteiger partial charge on any atom is -0.443 e. The van der Waals surface area contributed by atoms with E-state index in [4.69, 9.17) is 21.4 Å². The number of hydrogen-bond acceptors (Lipinski definition) is 7. The van der Waals surface area contributed by atoms with Gasteiger partial charge in [0, 0.05) is 36.8 Å². The highest BCUT2D eigenvalue weighted by molar-refractivity contribution is 6.30. The number of halogens is 1. The number of ether oxygens (including phenoxy) is 1. The maximum atomic E-state index is 13.1. The molecule has 0 unspecified atom stereocenters. The molecule has 1 aromatic heterocycles. The van der Waals surface area contributed by atoms with Crippen molar-refractivity contribution in [2.45, 2.75) is 32.4 Å². The fraction of sp³-hybridized carbons (Fsp3) is 0.304. The number of aliphatic hydroxyl groups is 1. The number of aliphatic imine (C=N–C) groups is 1. The first kappa shape index (κ1) is 22.8. The SMILES string of the molecule is O=c1nc(Nc2ccc(OC3=NCCC3)cc2)n(Cc2ccc(Cl)cc2)c(=O)n1CCCO. The van der Waals surface area contributed by atoms with Crippen molar-refractivity contribution in [3.05, 3.63) is 80.1 Å². The quantitative estimate of drug-likeness (QED) is 0.525. The van der Waals surface area contributed by atoms with Gasteiger partial charge in [0.25, 0.3) is 0 Å². The minimum absolute atomic E-state index is 0.0813. The third-order valence-electron chi connectivity index (χ3n) is 5.13.